The Hall–Kier alpha value is -2.93. The van der Waals surface area contributed by atoms with Gasteiger partial charge in [-0.3, -0.25) is 4.79 Å². The fourth-order valence-corrected chi connectivity index (χ4v) is 3.32. The van der Waals surface area contributed by atoms with Crippen molar-refractivity contribution in [2.45, 2.75) is 31.6 Å². The first-order chi connectivity index (χ1) is 13.2. The summed E-state index contributed by atoms with van der Waals surface area (Å²) in [7, 11) is -3.34. The summed E-state index contributed by atoms with van der Waals surface area (Å²) in [6, 6.07) is 12.6. The Morgan fingerprint density at radius 2 is 1.82 bits per heavy atom. The number of hydrogen-bond donors (Lipinski definition) is 1. The smallest absolute Gasteiger partial charge is 0.224 e. The quantitative estimate of drug-likeness (QED) is 0.679. The average molecular weight is 398 g/mol. The number of rotatable bonds is 6. The molecule has 0 radical (unpaired) electrons. The highest BCUT2D eigenvalue weighted by molar-refractivity contribution is 7.90. The summed E-state index contributed by atoms with van der Waals surface area (Å²) in [5, 5.41) is 2.76. The molecule has 1 heterocycles. The van der Waals surface area contributed by atoms with Crippen LogP contribution >= 0.6 is 0 Å². The zero-order chi connectivity index (χ0) is 20.3. The number of oxazole rings is 1. The molecule has 2 aromatic carbocycles. The summed E-state index contributed by atoms with van der Waals surface area (Å²) in [6.45, 7) is 3.82. The summed E-state index contributed by atoms with van der Waals surface area (Å²) in [5.41, 5.74) is 3.37. The number of aromatic nitrogens is 1. The number of nitrogens with zero attached hydrogens (tertiary/aromatic N) is 1. The van der Waals surface area contributed by atoms with E-state index < -0.39 is 9.84 Å². The summed E-state index contributed by atoms with van der Waals surface area (Å²) < 4.78 is 29.1. The molecular weight excluding hydrogens is 376 g/mol. The Balaban J connectivity index is 1.63. The normalized spacial score (nSPS) is 11.4. The molecule has 6 nitrogen and oxygen atoms in total. The van der Waals surface area contributed by atoms with E-state index in [4.69, 9.17) is 4.42 Å². The number of carbonyl (C=O) groups excluding carboxylic acids is 1. The van der Waals surface area contributed by atoms with Crippen LogP contribution in [0.2, 0.25) is 0 Å². The Labute approximate surface area is 164 Å². The lowest BCUT2D eigenvalue weighted by Crippen LogP contribution is -2.14. The molecule has 3 rings (SSSR count). The molecule has 0 bridgehead atoms. The molecule has 0 aliphatic rings. The molecule has 0 saturated heterocycles. The molecule has 0 unspecified atom stereocenters. The van der Waals surface area contributed by atoms with E-state index in [1.165, 1.54) is 12.1 Å². The van der Waals surface area contributed by atoms with Crippen molar-refractivity contribution in [3.8, 4) is 11.3 Å². The molecule has 1 amide bonds. The van der Waals surface area contributed by atoms with E-state index in [2.05, 4.69) is 10.3 Å². The number of hydrogen-bond acceptors (Lipinski definition) is 5. The van der Waals surface area contributed by atoms with Crippen LogP contribution in [0.3, 0.4) is 0 Å². The number of anilines is 1. The third-order valence-corrected chi connectivity index (χ3v) is 5.48. The number of nitrogens with one attached hydrogen (secondary N) is 1. The van der Waals surface area contributed by atoms with Crippen LogP contribution in [0.5, 0.6) is 0 Å². The van der Waals surface area contributed by atoms with Gasteiger partial charge in [0.05, 0.1) is 11.1 Å². The van der Waals surface area contributed by atoms with Gasteiger partial charge >= 0.3 is 0 Å². The molecule has 146 valence electrons. The number of amides is 1. The van der Waals surface area contributed by atoms with Crippen molar-refractivity contribution in [2.24, 2.45) is 0 Å². The van der Waals surface area contributed by atoms with Gasteiger partial charge in [-0.1, -0.05) is 35.9 Å². The Bertz CT molecular complexity index is 1100. The van der Waals surface area contributed by atoms with E-state index in [0.29, 0.717) is 23.8 Å². The fourth-order valence-electron chi connectivity index (χ4n) is 2.68. The molecule has 0 atom stereocenters. The van der Waals surface area contributed by atoms with Gasteiger partial charge < -0.3 is 9.73 Å². The zero-order valence-corrected chi connectivity index (χ0v) is 16.8. The molecule has 28 heavy (non-hydrogen) atoms. The maximum atomic E-state index is 12.3. The summed E-state index contributed by atoms with van der Waals surface area (Å²) in [5.74, 6) is 0.906. The fraction of sp³-hybridized carbons (Fsp3) is 0.238. The monoisotopic (exact) mass is 398 g/mol. The van der Waals surface area contributed by atoms with Gasteiger partial charge in [-0.25, -0.2) is 13.4 Å². The SMILES string of the molecule is Cc1ccc(-c2cnc(CCC(=O)Nc3cc(S(C)(=O)=O)ccc3C)o2)cc1. The number of sulfone groups is 1. The van der Waals surface area contributed by atoms with E-state index in [1.54, 1.807) is 12.3 Å². The maximum Gasteiger partial charge on any atom is 0.224 e. The van der Waals surface area contributed by atoms with E-state index in [9.17, 15) is 13.2 Å². The van der Waals surface area contributed by atoms with Crippen LogP contribution in [-0.4, -0.2) is 25.6 Å². The van der Waals surface area contributed by atoms with Crippen molar-refractivity contribution in [2.75, 3.05) is 11.6 Å². The highest BCUT2D eigenvalue weighted by Crippen LogP contribution is 2.22. The van der Waals surface area contributed by atoms with Crippen molar-refractivity contribution in [3.63, 3.8) is 0 Å². The minimum absolute atomic E-state index is 0.170. The first-order valence-corrected chi connectivity index (χ1v) is 10.7. The van der Waals surface area contributed by atoms with Crippen molar-refractivity contribution in [3.05, 3.63) is 65.7 Å². The minimum atomic E-state index is -3.34. The molecule has 0 aliphatic carbocycles. The van der Waals surface area contributed by atoms with Crippen LogP contribution in [0.25, 0.3) is 11.3 Å². The van der Waals surface area contributed by atoms with Gasteiger partial charge in [-0.2, -0.15) is 0 Å². The lowest BCUT2D eigenvalue weighted by atomic mass is 10.1. The van der Waals surface area contributed by atoms with Gasteiger partial charge in [0, 0.05) is 30.3 Å². The molecule has 1 aromatic heterocycles. The van der Waals surface area contributed by atoms with E-state index >= 15 is 0 Å². The Morgan fingerprint density at radius 3 is 2.50 bits per heavy atom. The molecule has 0 fully saturated rings. The molecule has 0 aliphatic heterocycles. The third kappa shape index (κ3) is 4.86. The second-order valence-electron chi connectivity index (χ2n) is 6.78. The Morgan fingerprint density at radius 1 is 1.11 bits per heavy atom. The average Bonchev–Trinajstić information content (AvgIpc) is 3.10. The molecule has 0 saturated carbocycles. The Kier molecular flexibility index (Phi) is 5.65. The minimum Gasteiger partial charge on any atom is -0.441 e. The first kappa shape index (κ1) is 19.8. The largest absolute Gasteiger partial charge is 0.441 e. The molecule has 7 heteroatoms. The standard InChI is InChI=1S/C21H22N2O4S/c1-14-4-7-16(8-5-14)19-13-22-21(27-19)11-10-20(24)23-18-12-17(28(3,25)26)9-6-15(18)2/h4-9,12-13H,10-11H2,1-3H3,(H,23,24). The summed E-state index contributed by atoms with van der Waals surface area (Å²) >= 11 is 0. The third-order valence-electron chi connectivity index (χ3n) is 4.37. The number of carbonyl (C=O) groups is 1. The van der Waals surface area contributed by atoms with Crippen molar-refractivity contribution in [1.82, 2.24) is 4.98 Å². The molecular formula is C21H22N2O4S. The van der Waals surface area contributed by atoms with Gasteiger partial charge in [0.25, 0.3) is 0 Å². The van der Waals surface area contributed by atoms with Crippen LogP contribution in [0, 0.1) is 13.8 Å². The van der Waals surface area contributed by atoms with Crippen LogP contribution < -0.4 is 5.32 Å². The van der Waals surface area contributed by atoms with E-state index in [-0.39, 0.29) is 17.2 Å². The second-order valence-corrected chi connectivity index (χ2v) is 8.80. The summed E-state index contributed by atoms with van der Waals surface area (Å²) in [6.07, 6.45) is 3.31. The number of aryl methyl sites for hydroxylation is 3. The van der Waals surface area contributed by atoms with Gasteiger partial charge in [-0.15, -0.1) is 0 Å². The molecule has 0 spiro atoms. The van der Waals surface area contributed by atoms with Gasteiger partial charge in [0.1, 0.15) is 0 Å². The van der Waals surface area contributed by atoms with Crippen LogP contribution in [-0.2, 0) is 21.1 Å². The number of benzene rings is 2. The highest BCUT2D eigenvalue weighted by Gasteiger charge is 2.13. The van der Waals surface area contributed by atoms with Gasteiger partial charge in [-0.05, 0) is 31.5 Å². The van der Waals surface area contributed by atoms with E-state index in [0.717, 1.165) is 22.9 Å². The lowest BCUT2D eigenvalue weighted by molar-refractivity contribution is -0.116. The predicted molar refractivity (Wildman–Crippen MR) is 108 cm³/mol. The lowest BCUT2D eigenvalue weighted by Gasteiger charge is -2.09. The topological polar surface area (TPSA) is 89.3 Å². The predicted octanol–water partition coefficient (Wildman–Crippen LogP) is 3.93. The van der Waals surface area contributed by atoms with Crippen LogP contribution in [0.15, 0.2) is 58.0 Å². The van der Waals surface area contributed by atoms with Crippen molar-refractivity contribution in [1.29, 1.82) is 0 Å². The first-order valence-electron chi connectivity index (χ1n) is 8.85. The van der Waals surface area contributed by atoms with E-state index in [1.807, 2.05) is 38.1 Å². The van der Waals surface area contributed by atoms with Crippen molar-refractivity contribution < 1.29 is 17.6 Å². The highest BCUT2D eigenvalue weighted by atomic mass is 32.2. The van der Waals surface area contributed by atoms with Crippen LogP contribution in [0.1, 0.15) is 23.4 Å². The van der Waals surface area contributed by atoms with Crippen LogP contribution in [0.4, 0.5) is 5.69 Å². The second kappa shape index (κ2) is 7.98. The van der Waals surface area contributed by atoms with Gasteiger partial charge in [0.2, 0.25) is 5.91 Å². The molecule has 1 N–H and O–H groups in total. The van der Waals surface area contributed by atoms with Crippen molar-refractivity contribution >= 4 is 21.4 Å². The summed E-state index contributed by atoms with van der Waals surface area (Å²) in [4.78, 5) is 16.7. The maximum absolute atomic E-state index is 12.3. The van der Waals surface area contributed by atoms with Gasteiger partial charge in [0.15, 0.2) is 21.5 Å². The zero-order valence-electron chi connectivity index (χ0n) is 16.0. The molecule has 3 aromatic rings.